The molecule has 136 valence electrons. The molecule has 0 atom stereocenters. The molecule has 0 aliphatic carbocycles. The van der Waals surface area contributed by atoms with Crippen molar-refractivity contribution in [2.75, 3.05) is 10.6 Å². The minimum absolute atomic E-state index is 0.209. The van der Waals surface area contributed by atoms with Gasteiger partial charge in [-0.05, 0) is 37.3 Å². The van der Waals surface area contributed by atoms with Crippen molar-refractivity contribution in [3.05, 3.63) is 59.1 Å². The first-order chi connectivity index (χ1) is 13.0. The zero-order valence-corrected chi connectivity index (χ0v) is 15.3. The number of nitrogens with one attached hydrogen (secondary N) is 2. The summed E-state index contributed by atoms with van der Waals surface area (Å²) in [5.41, 5.74) is 2.18. The summed E-state index contributed by atoms with van der Waals surface area (Å²) in [5.74, 6) is -0.433. The van der Waals surface area contributed by atoms with Gasteiger partial charge in [-0.3, -0.25) is 14.3 Å². The molecule has 0 aliphatic heterocycles. The number of rotatable bonds is 4. The first-order valence-electron chi connectivity index (χ1n) is 8.06. The predicted molar refractivity (Wildman–Crippen MR) is 102 cm³/mol. The summed E-state index contributed by atoms with van der Waals surface area (Å²) in [6.07, 6.45) is 3.02. The van der Waals surface area contributed by atoms with Crippen molar-refractivity contribution in [2.45, 2.75) is 6.92 Å². The molecule has 4 rings (SSSR count). The van der Waals surface area contributed by atoms with Gasteiger partial charge in [-0.2, -0.15) is 5.10 Å². The number of fused-ring (bicyclic) bond motifs is 1. The minimum atomic E-state index is -0.365. The van der Waals surface area contributed by atoms with Crippen LogP contribution in [-0.4, -0.2) is 26.6 Å². The molecule has 0 aliphatic rings. The SMILES string of the molecule is Cc1nn(C)c2ncc(NC(=O)c3ccc(NC(=O)c4ccco4)s3)cc12. The van der Waals surface area contributed by atoms with Crippen LogP contribution < -0.4 is 10.6 Å². The Balaban J connectivity index is 1.48. The minimum Gasteiger partial charge on any atom is -0.459 e. The van der Waals surface area contributed by atoms with Crippen LogP contribution >= 0.6 is 11.3 Å². The first-order valence-corrected chi connectivity index (χ1v) is 8.88. The molecule has 8 nitrogen and oxygen atoms in total. The van der Waals surface area contributed by atoms with E-state index in [1.165, 1.54) is 17.6 Å². The van der Waals surface area contributed by atoms with E-state index in [0.717, 1.165) is 16.7 Å². The number of thiophene rings is 1. The lowest BCUT2D eigenvalue weighted by Crippen LogP contribution is -2.11. The van der Waals surface area contributed by atoms with E-state index in [1.54, 1.807) is 35.1 Å². The average Bonchev–Trinajstić information content (AvgIpc) is 3.37. The van der Waals surface area contributed by atoms with E-state index in [-0.39, 0.29) is 17.6 Å². The van der Waals surface area contributed by atoms with Gasteiger partial charge in [-0.15, -0.1) is 11.3 Å². The largest absolute Gasteiger partial charge is 0.459 e. The van der Waals surface area contributed by atoms with Crippen LogP contribution in [0.4, 0.5) is 10.7 Å². The smallest absolute Gasteiger partial charge is 0.291 e. The quantitative estimate of drug-likeness (QED) is 0.564. The van der Waals surface area contributed by atoms with Gasteiger partial charge in [0.05, 0.1) is 33.7 Å². The Morgan fingerprint density at radius 3 is 2.81 bits per heavy atom. The zero-order chi connectivity index (χ0) is 19.0. The Hall–Kier alpha value is -3.46. The molecule has 0 saturated carbocycles. The number of aromatic nitrogens is 3. The molecule has 0 spiro atoms. The van der Waals surface area contributed by atoms with Gasteiger partial charge in [0.2, 0.25) is 0 Å². The maximum absolute atomic E-state index is 12.5. The van der Waals surface area contributed by atoms with Gasteiger partial charge < -0.3 is 15.1 Å². The molecule has 0 bridgehead atoms. The fourth-order valence-corrected chi connectivity index (χ4v) is 3.47. The molecule has 4 heterocycles. The summed E-state index contributed by atoms with van der Waals surface area (Å²) in [4.78, 5) is 29.3. The van der Waals surface area contributed by atoms with Crippen molar-refractivity contribution in [2.24, 2.45) is 7.05 Å². The number of hydrogen-bond donors (Lipinski definition) is 2. The number of aryl methyl sites for hydroxylation is 2. The maximum atomic E-state index is 12.5. The Labute approximate surface area is 157 Å². The van der Waals surface area contributed by atoms with E-state index in [9.17, 15) is 9.59 Å². The normalized spacial score (nSPS) is 10.9. The molecule has 0 fully saturated rings. The van der Waals surface area contributed by atoms with Gasteiger partial charge >= 0.3 is 0 Å². The Morgan fingerprint density at radius 1 is 1.19 bits per heavy atom. The van der Waals surface area contributed by atoms with Crippen LogP contribution in [-0.2, 0) is 7.05 Å². The second-order valence-electron chi connectivity index (χ2n) is 5.85. The average molecular weight is 381 g/mol. The molecule has 0 radical (unpaired) electrons. The van der Waals surface area contributed by atoms with Gasteiger partial charge in [0.15, 0.2) is 11.4 Å². The second kappa shape index (κ2) is 6.69. The molecule has 4 aromatic heterocycles. The molecule has 0 saturated heterocycles. The molecule has 0 aromatic carbocycles. The second-order valence-corrected chi connectivity index (χ2v) is 6.94. The number of anilines is 2. The molecule has 0 unspecified atom stereocenters. The summed E-state index contributed by atoms with van der Waals surface area (Å²) in [7, 11) is 1.82. The maximum Gasteiger partial charge on any atom is 0.291 e. The fourth-order valence-electron chi connectivity index (χ4n) is 2.68. The molecule has 27 heavy (non-hydrogen) atoms. The van der Waals surface area contributed by atoms with Crippen LogP contribution in [0.3, 0.4) is 0 Å². The Kier molecular flexibility index (Phi) is 4.21. The number of pyridine rings is 1. The van der Waals surface area contributed by atoms with Crippen LogP contribution in [0.15, 0.2) is 47.2 Å². The van der Waals surface area contributed by atoms with Crippen molar-refractivity contribution in [3.8, 4) is 0 Å². The van der Waals surface area contributed by atoms with Gasteiger partial charge in [-0.25, -0.2) is 4.98 Å². The van der Waals surface area contributed by atoms with Crippen molar-refractivity contribution in [1.82, 2.24) is 14.8 Å². The summed E-state index contributed by atoms with van der Waals surface area (Å²) in [5, 5.41) is 11.3. The van der Waals surface area contributed by atoms with Gasteiger partial charge in [-0.1, -0.05) is 0 Å². The highest BCUT2D eigenvalue weighted by molar-refractivity contribution is 7.18. The summed E-state index contributed by atoms with van der Waals surface area (Å²) >= 11 is 1.17. The number of carbonyl (C=O) groups is 2. The number of furan rings is 1. The lowest BCUT2D eigenvalue weighted by molar-refractivity contribution is 0.0995. The van der Waals surface area contributed by atoms with Crippen LogP contribution in [0.1, 0.15) is 25.9 Å². The van der Waals surface area contributed by atoms with Crippen LogP contribution in [0, 0.1) is 6.92 Å². The zero-order valence-electron chi connectivity index (χ0n) is 14.5. The third-order valence-electron chi connectivity index (χ3n) is 3.93. The van der Waals surface area contributed by atoms with Crippen LogP contribution in [0.5, 0.6) is 0 Å². The molecule has 4 aromatic rings. The highest BCUT2D eigenvalue weighted by Crippen LogP contribution is 2.25. The van der Waals surface area contributed by atoms with Gasteiger partial charge in [0.25, 0.3) is 11.8 Å². The highest BCUT2D eigenvalue weighted by Gasteiger charge is 2.14. The Bertz CT molecular complexity index is 1140. The summed E-state index contributed by atoms with van der Waals surface area (Å²) in [6, 6.07) is 8.37. The highest BCUT2D eigenvalue weighted by atomic mass is 32.1. The van der Waals surface area contributed by atoms with Crippen molar-refractivity contribution in [3.63, 3.8) is 0 Å². The number of nitrogens with zero attached hydrogens (tertiary/aromatic N) is 3. The standard InChI is InChI=1S/C18H15N5O3S/c1-10-12-8-11(9-19-16(12)23(2)22-10)20-18(25)14-5-6-15(27-14)21-17(24)13-4-3-7-26-13/h3-9H,1-2H3,(H,20,25)(H,21,24). The van der Waals surface area contributed by atoms with Crippen molar-refractivity contribution < 1.29 is 14.0 Å². The van der Waals surface area contributed by atoms with E-state index in [2.05, 4.69) is 20.7 Å². The summed E-state index contributed by atoms with van der Waals surface area (Å²) in [6.45, 7) is 1.89. The molecular formula is C18H15N5O3S. The van der Waals surface area contributed by atoms with Crippen molar-refractivity contribution >= 4 is 44.9 Å². The summed E-state index contributed by atoms with van der Waals surface area (Å²) < 4.78 is 6.74. The van der Waals surface area contributed by atoms with E-state index < -0.39 is 0 Å². The number of amides is 2. The van der Waals surface area contributed by atoms with E-state index >= 15 is 0 Å². The first kappa shape index (κ1) is 17.0. The molecule has 9 heteroatoms. The van der Waals surface area contributed by atoms with Crippen LogP contribution in [0.25, 0.3) is 11.0 Å². The van der Waals surface area contributed by atoms with Crippen LogP contribution in [0.2, 0.25) is 0 Å². The topological polar surface area (TPSA) is 102 Å². The molecular weight excluding hydrogens is 366 g/mol. The van der Waals surface area contributed by atoms with Gasteiger partial charge in [0, 0.05) is 12.4 Å². The van der Waals surface area contributed by atoms with E-state index in [0.29, 0.717) is 15.6 Å². The fraction of sp³-hybridized carbons (Fsp3) is 0.111. The van der Waals surface area contributed by atoms with E-state index in [4.69, 9.17) is 4.42 Å². The third-order valence-corrected chi connectivity index (χ3v) is 4.93. The lowest BCUT2D eigenvalue weighted by Gasteiger charge is -2.03. The molecule has 2 N–H and O–H groups in total. The monoisotopic (exact) mass is 381 g/mol. The lowest BCUT2D eigenvalue weighted by atomic mass is 10.2. The number of carbonyl (C=O) groups excluding carboxylic acids is 2. The van der Waals surface area contributed by atoms with E-state index in [1.807, 2.05) is 20.0 Å². The number of hydrogen-bond acceptors (Lipinski definition) is 6. The Morgan fingerprint density at radius 2 is 2.04 bits per heavy atom. The predicted octanol–water partition coefficient (Wildman–Crippen LogP) is 3.44. The third kappa shape index (κ3) is 3.32. The van der Waals surface area contributed by atoms with Crippen molar-refractivity contribution in [1.29, 1.82) is 0 Å². The molecule has 2 amide bonds. The van der Waals surface area contributed by atoms with Gasteiger partial charge in [0.1, 0.15) is 0 Å².